The zero-order chi connectivity index (χ0) is 12.2. The minimum absolute atomic E-state index is 0.596. The van der Waals surface area contributed by atoms with Crippen LogP contribution in [0.3, 0.4) is 0 Å². The van der Waals surface area contributed by atoms with Gasteiger partial charge in [0.1, 0.15) is 0 Å². The van der Waals surface area contributed by atoms with Crippen LogP contribution in [0.15, 0.2) is 0 Å². The van der Waals surface area contributed by atoms with Gasteiger partial charge in [-0.05, 0) is 80.5 Å². The maximum atomic E-state index is 6.02. The molecular weight excluding hydrogens is 220 g/mol. The molecule has 0 radical (unpaired) electrons. The Bertz CT molecular complexity index is 284. The minimum Gasteiger partial charge on any atom is -0.271 e. The van der Waals surface area contributed by atoms with Gasteiger partial charge in [-0.2, -0.15) is 0 Å². The fourth-order valence-corrected chi connectivity index (χ4v) is 6.66. The van der Waals surface area contributed by atoms with E-state index in [1.807, 2.05) is 0 Å². The molecule has 5 saturated carbocycles. The molecule has 0 spiro atoms. The highest BCUT2D eigenvalue weighted by Crippen LogP contribution is 2.62. The van der Waals surface area contributed by atoms with Gasteiger partial charge in [0, 0.05) is 6.04 Å². The highest BCUT2D eigenvalue weighted by atomic mass is 15.2. The highest BCUT2D eigenvalue weighted by Gasteiger charge is 2.55. The molecule has 5 rings (SSSR count). The molecule has 0 aromatic heterocycles. The van der Waals surface area contributed by atoms with E-state index in [9.17, 15) is 0 Å². The summed E-state index contributed by atoms with van der Waals surface area (Å²) in [6, 6.07) is 0.633. The third kappa shape index (κ3) is 1.68. The fourth-order valence-electron chi connectivity index (χ4n) is 6.66. The van der Waals surface area contributed by atoms with Crippen molar-refractivity contribution in [3.63, 3.8) is 0 Å². The number of rotatable bonds is 3. The summed E-state index contributed by atoms with van der Waals surface area (Å²) in [5, 5.41) is 0. The zero-order valence-electron chi connectivity index (χ0n) is 11.5. The molecule has 0 aliphatic heterocycles. The summed E-state index contributed by atoms with van der Waals surface area (Å²) in [6.45, 7) is 0. The molecule has 0 amide bonds. The molecular formula is C16H28N2. The summed E-state index contributed by atoms with van der Waals surface area (Å²) in [5.74, 6) is 10.1. The molecule has 0 heterocycles. The van der Waals surface area contributed by atoms with E-state index in [0.29, 0.717) is 11.5 Å². The molecule has 0 aromatic carbocycles. The third-order valence-corrected chi connectivity index (χ3v) is 6.80. The van der Waals surface area contributed by atoms with Gasteiger partial charge in [-0.3, -0.25) is 11.3 Å². The van der Waals surface area contributed by atoms with Gasteiger partial charge in [-0.1, -0.05) is 12.8 Å². The van der Waals surface area contributed by atoms with Crippen LogP contribution in [0.5, 0.6) is 0 Å². The standard InChI is InChI=1S/C16H28N2/c17-18-15(14-3-1-2-4-14)16-8-11-5-12(9-16)7-13(6-11)10-16/h11-15,18H,1-10,17H2. The summed E-state index contributed by atoms with van der Waals surface area (Å²) < 4.78 is 0. The van der Waals surface area contributed by atoms with E-state index in [1.165, 1.54) is 44.9 Å². The van der Waals surface area contributed by atoms with E-state index in [1.54, 1.807) is 19.3 Å². The maximum absolute atomic E-state index is 6.02. The van der Waals surface area contributed by atoms with Gasteiger partial charge >= 0.3 is 0 Å². The summed E-state index contributed by atoms with van der Waals surface area (Å²) in [7, 11) is 0. The lowest BCUT2D eigenvalue weighted by Crippen LogP contribution is -2.59. The third-order valence-electron chi connectivity index (χ3n) is 6.80. The van der Waals surface area contributed by atoms with Gasteiger partial charge in [-0.25, -0.2) is 0 Å². The highest BCUT2D eigenvalue weighted by molar-refractivity contribution is 5.07. The van der Waals surface area contributed by atoms with E-state index >= 15 is 0 Å². The van der Waals surface area contributed by atoms with Crippen LogP contribution in [0.25, 0.3) is 0 Å². The lowest BCUT2D eigenvalue weighted by Gasteiger charge is -2.60. The van der Waals surface area contributed by atoms with Crippen molar-refractivity contribution >= 4 is 0 Å². The first-order valence-corrected chi connectivity index (χ1v) is 8.25. The van der Waals surface area contributed by atoms with E-state index in [0.717, 1.165) is 23.7 Å². The largest absolute Gasteiger partial charge is 0.271 e. The molecule has 0 saturated heterocycles. The van der Waals surface area contributed by atoms with E-state index in [2.05, 4.69) is 5.43 Å². The van der Waals surface area contributed by atoms with Crippen molar-refractivity contribution in [1.82, 2.24) is 5.43 Å². The summed E-state index contributed by atoms with van der Waals surface area (Å²) in [5.41, 5.74) is 3.90. The fraction of sp³-hybridized carbons (Fsp3) is 1.00. The molecule has 102 valence electrons. The molecule has 1 atom stereocenters. The number of nitrogens with one attached hydrogen (secondary N) is 1. The van der Waals surface area contributed by atoms with Gasteiger partial charge in [0.15, 0.2) is 0 Å². The molecule has 0 aromatic rings. The summed E-state index contributed by atoms with van der Waals surface area (Å²) >= 11 is 0. The molecule has 18 heavy (non-hydrogen) atoms. The topological polar surface area (TPSA) is 38.0 Å². The second-order valence-electron chi connectivity index (χ2n) is 7.97. The van der Waals surface area contributed by atoms with Crippen molar-refractivity contribution in [2.75, 3.05) is 0 Å². The van der Waals surface area contributed by atoms with Crippen LogP contribution >= 0.6 is 0 Å². The normalized spacial score (nSPS) is 48.8. The molecule has 2 nitrogen and oxygen atoms in total. The van der Waals surface area contributed by atoms with Crippen molar-refractivity contribution in [2.45, 2.75) is 70.3 Å². The van der Waals surface area contributed by atoms with Gasteiger partial charge in [0.05, 0.1) is 0 Å². The Kier molecular flexibility index (Phi) is 2.74. The number of hydrogen-bond acceptors (Lipinski definition) is 2. The van der Waals surface area contributed by atoms with Crippen LogP contribution in [-0.4, -0.2) is 6.04 Å². The summed E-state index contributed by atoms with van der Waals surface area (Å²) in [4.78, 5) is 0. The van der Waals surface area contributed by atoms with Crippen LogP contribution in [-0.2, 0) is 0 Å². The van der Waals surface area contributed by atoms with E-state index in [-0.39, 0.29) is 0 Å². The second-order valence-corrected chi connectivity index (χ2v) is 7.97. The van der Waals surface area contributed by atoms with Crippen LogP contribution in [0.1, 0.15) is 64.2 Å². The van der Waals surface area contributed by atoms with E-state index in [4.69, 9.17) is 5.84 Å². The van der Waals surface area contributed by atoms with Gasteiger partial charge in [-0.15, -0.1) is 0 Å². The molecule has 5 fully saturated rings. The average molecular weight is 248 g/mol. The lowest BCUT2D eigenvalue weighted by atomic mass is 9.46. The van der Waals surface area contributed by atoms with Crippen molar-refractivity contribution in [1.29, 1.82) is 0 Å². The Morgan fingerprint density at radius 2 is 1.39 bits per heavy atom. The van der Waals surface area contributed by atoms with Crippen molar-refractivity contribution in [2.24, 2.45) is 34.9 Å². The Morgan fingerprint density at radius 3 is 1.83 bits per heavy atom. The van der Waals surface area contributed by atoms with Crippen molar-refractivity contribution < 1.29 is 0 Å². The summed E-state index contributed by atoms with van der Waals surface area (Å²) in [6.07, 6.45) is 14.8. The van der Waals surface area contributed by atoms with Crippen LogP contribution in [0.2, 0.25) is 0 Å². The maximum Gasteiger partial charge on any atom is 0.0295 e. The SMILES string of the molecule is NNC(C1CCCC1)C12CC3CC(CC(C3)C1)C2. The smallest absolute Gasteiger partial charge is 0.0295 e. The first-order chi connectivity index (χ1) is 8.79. The molecule has 4 bridgehead atoms. The molecule has 3 N–H and O–H groups in total. The number of hydrazine groups is 1. The Morgan fingerprint density at radius 1 is 0.889 bits per heavy atom. The van der Waals surface area contributed by atoms with Crippen molar-refractivity contribution in [3.8, 4) is 0 Å². The van der Waals surface area contributed by atoms with Crippen LogP contribution in [0.4, 0.5) is 0 Å². The van der Waals surface area contributed by atoms with Gasteiger partial charge < -0.3 is 0 Å². The zero-order valence-corrected chi connectivity index (χ0v) is 11.5. The monoisotopic (exact) mass is 248 g/mol. The quantitative estimate of drug-likeness (QED) is 0.594. The van der Waals surface area contributed by atoms with Crippen LogP contribution in [0, 0.1) is 29.1 Å². The Balaban J connectivity index is 1.61. The molecule has 5 aliphatic rings. The molecule has 2 heteroatoms. The number of hydrogen-bond donors (Lipinski definition) is 2. The molecule has 5 aliphatic carbocycles. The van der Waals surface area contributed by atoms with Gasteiger partial charge in [0.25, 0.3) is 0 Å². The molecule has 1 unspecified atom stereocenters. The predicted molar refractivity (Wildman–Crippen MR) is 73.7 cm³/mol. The Hall–Kier alpha value is -0.0800. The average Bonchev–Trinajstić information content (AvgIpc) is 2.81. The Labute approximate surface area is 111 Å². The lowest BCUT2D eigenvalue weighted by molar-refractivity contribution is -0.0846. The second kappa shape index (κ2) is 4.21. The number of nitrogens with two attached hydrogens (primary N) is 1. The predicted octanol–water partition coefficient (Wildman–Crippen LogP) is 3.22. The van der Waals surface area contributed by atoms with Crippen LogP contribution < -0.4 is 11.3 Å². The first-order valence-electron chi connectivity index (χ1n) is 8.25. The van der Waals surface area contributed by atoms with Gasteiger partial charge in [0.2, 0.25) is 0 Å². The first kappa shape index (κ1) is 11.7. The minimum atomic E-state index is 0.596. The van der Waals surface area contributed by atoms with E-state index < -0.39 is 0 Å². The van der Waals surface area contributed by atoms with Crippen molar-refractivity contribution in [3.05, 3.63) is 0 Å².